The summed E-state index contributed by atoms with van der Waals surface area (Å²) in [7, 11) is -0.966. The Bertz CT molecular complexity index is 100. The first kappa shape index (κ1) is 9.65. The first-order valence-electron chi connectivity index (χ1n) is 3.38. The maximum atomic E-state index is 9.66. The van der Waals surface area contributed by atoms with E-state index in [0.717, 1.165) is 12.6 Å². The second kappa shape index (κ2) is 4.46. The van der Waals surface area contributed by atoms with E-state index in [1.165, 1.54) is 0 Å². The van der Waals surface area contributed by atoms with E-state index in [1.807, 2.05) is 0 Å². The smallest absolute Gasteiger partial charge is 0.312 e. The van der Waals surface area contributed by atoms with Gasteiger partial charge in [-0.1, -0.05) is 19.6 Å². The topological polar surface area (TPSA) is 38.3 Å². The molecular formula is C6H15NO2Si. The van der Waals surface area contributed by atoms with Crippen molar-refractivity contribution in [3.63, 3.8) is 0 Å². The number of carbonyl (C=O) groups is 1. The van der Waals surface area contributed by atoms with Crippen molar-refractivity contribution in [2.24, 2.45) is 0 Å². The number of carbonyl (C=O) groups excluding carboxylic acids is 1. The molecule has 60 valence electrons. The Hall–Kier alpha value is -0.353. The molecule has 0 aliphatic heterocycles. The zero-order valence-corrected chi connectivity index (χ0v) is 7.81. The molecule has 0 aliphatic carbocycles. The van der Waals surface area contributed by atoms with E-state index in [2.05, 4.69) is 30.0 Å². The highest BCUT2D eigenvalue weighted by Crippen LogP contribution is 2.05. The van der Waals surface area contributed by atoms with Crippen LogP contribution >= 0.6 is 0 Å². The first-order chi connectivity index (χ1) is 4.56. The van der Waals surface area contributed by atoms with Gasteiger partial charge in [0.1, 0.15) is 0 Å². The van der Waals surface area contributed by atoms with Gasteiger partial charge in [0.05, 0.1) is 0 Å². The van der Waals surface area contributed by atoms with Crippen LogP contribution in [0.25, 0.3) is 0 Å². The van der Waals surface area contributed by atoms with Crippen LogP contribution in [-0.4, -0.2) is 21.1 Å². The normalized spacial score (nSPS) is 11.1. The maximum absolute atomic E-state index is 9.66. The Balaban J connectivity index is 3.12. The minimum atomic E-state index is -0.966. The predicted octanol–water partition coefficient (Wildman–Crippen LogP) is 1.00. The molecule has 0 atom stereocenters. The van der Waals surface area contributed by atoms with Crippen molar-refractivity contribution in [2.75, 3.05) is 6.54 Å². The van der Waals surface area contributed by atoms with Gasteiger partial charge >= 0.3 is 6.47 Å². The van der Waals surface area contributed by atoms with Crippen LogP contribution < -0.4 is 5.48 Å². The van der Waals surface area contributed by atoms with E-state index in [-0.39, 0.29) is 0 Å². The molecule has 0 aromatic heterocycles. The molecule has 0 bridgehead atoms. The number of hydroxylamine groups is 1. The molecule has 1 N–H and O–H groups in total. The second-order valence-electron chi connectivity index (χ2n) is 3.42. The lowest BCUT2D eigenvalue weighted by Gasteiger charge is -2.14. The number of hydrogen-bond acceptors (Lipinski definition) is 3. The van der Waals surface area contributed by atoms with Gasteiger partial charge in [-0.2, -0.15) is 5.48 Å². The van der Waals surface area contributed by atoms with Crippen molar-refractivity contribution < 1.29 is 9.63 Å². The Morgan fingerprint density at radius 2 is 2.10 bits per heavy atom. The molecule has 0 amide bonds. The molecular weight excluding hydrogens is 146 g/mol. The van der Waals surface area contributed by atoms with Gasteiger partial charge in [-0.15, -0.1) is 0 Å². The van der Waals surface area contributed by atoms with Gasteiger partial charge in [-0.3, -0.25) is 4.79 Å². The van der Waals surface area contributed by atoms with Crippen molar-refractivity contribution in [1.82, 2.24) is 5.48 Å². The maximum Gasteiger partial charge on any atom is 0.312 e. The molecule has 0 aromatic rings. The van der Waals surface area contributed by atoms with E-state index in [0.29, 0.717) is 6.47 Å². The van der Waals surface area contributed by atoms with Gasteiger partial charge in [-0.05, 0) is 6.04 Å². The summed E-state index contributed by atoms with van der Waals surface area (Å²) >= 11 is 0. The Labute approximate surface area is 62.7 Å². The molecule has 0 radical (unpaired) electrons. The lowest BCUT2D eigenvalue weighted by Crippen LogP contribution is -2.26. The highest BCUT2D eigenvalue weighted by atomic mass is 28.3. The summed E-state index contributed by atoms with van der Waals surface area (Å²) in [6.07, 6.45) is 0. The molecule has 0 heterocycles. The lowest BCUT2D eigenvalue weighted by molar-refractivity contribution is -0.135. The van der Waals surface area contributed by atoms with Crippen LogP contribution in [0.2, 0.25) is 25.7 Å². The molecule has 0 saturated heterocycles. The predicted molar refractivity (Wildman–Crippen MR) is 43.3 cm³/mol. The summed E-state index contributed by atoms with van der Waals surface area (Å²) in [5.41, 5.74) is 2.56. The number of hydrogen-bond donors (Lipinski definition) is 1. The lowest BCUT2D eigenvalue weighted by atomic mass is 10.8. The SMILES string of the molecule is C[Si](C)(C)CCNOC=O. The molecule has 0 unspecified atom stereocenters. The van der Waals surface area contributed by atoms with Crippen LogP contribution in [0.1, 0.15) is 0 Å². The third-order valence-electron chi connectivity index (χ3n) is 1.11. The molecule has 3 nitrogen and oxygen atoms in total. The average Bonchev–Trinajstić information content (AvgIpc) is 1.78. The van der Waals surface area contributed by atoms with Gasteiger partial charge in [-0.25, -0.2) is 0 Å². The van der Waals surface area contributed by atoms with Crippen LogP contribution in [0.4, 0.5) is 0 Å². The highest BCUT2D eigenvalue weighted by molar-refractivity contribution is 6.76. The fraction of sp³-hybridized carbons (Fsp3) is 0.833. The summed E-state index contributed by atoms with van der Waals surface area (Å²) in [6.45, 7) is 8.00. The van der Waals surface area contributed by atoms with Crippen LogP contribution in [0, 0.1) is 0 Å². The Morgan fingerprint density at radius 1 is 1.50 bits per heavy atom. The zero-order chi connectivity index (χ0) is 8.04. The van der Waals surface area contributed by atoms with Gasteiger partial charge in [0.15, 0.2) is 0 Å². The largest absolute Gasteiger partial charge is 0.374 e. The molecule has 0 fully saturated rings. The van der Waals surface area contributed by atoms with Crippen molar-refractivity contribution in [2.45, 2.75) is 25.7 Å². The minimum Gasteiger partial charge on any atom is -0.374 e. The summed E-state index contributed by atoms with van der Waals surface area (Å²) in [5, 5.41) is 0. The Kier molecular flexibility index (Phi) is 4.30. The molecule has 0 saturated carbocycles. The average molecular weight is 161 g/mol. The fourth-order valence-corrected chi connectivity index (χ4v) is 1.37. The third-order valence-corrected chi connectivity index (χ3v) is 2.86. The van der Waals surface area contributed by atoms with Crippen LogP contribution in [0.5, 0.6) is 0 Å². The van der Waals surface area contributed by atoms with Crippen molar-refractivity contribution in [3.8, 4) is 0 Å². The minimum absolute atomic E-state index is 0.407. The van der Waals surface area contributed by atoms with Crippen molar-refractivity contribution in [1.29, 1.82) is 0 Å². The molecule has 0 aromatic carbocycles. The van der Waals surface area contributed by atoms with Gasteiger partial charge in [0.25, 0.3) is 0 Å². The van der Waals surface area contributed by atoms with Gasteiger partial charge in [0.2, 0.25) is 0 Å². The molecule has 10 heavy (non-hydrogen) atoms. The van der Waals surface area contributed by atoms with E-state index in [9.17, 15) is 4.79 Å². The first-order valence-corrected chi connectivity index (χ1v) is 7.09. The van der Waals surface area contributed by atoms with Crippen LogP contribution in [0.15, 0.2) is 0 Å². The summed E-state index contributed by atoms with van der Waals surface area (Å²) < 4.78 is 0. The van der Waals surface area contributed by atoms with E-state index >= 15 is 0 Å². The van der Waals surface area contributed by atoms with E-state index < -0.39 is 8.07 Å². The summed E-state index contributed by atoms with van der Waals surface area (Å²) in [6, 6.07) is 1.13. The van der Waals surface area contributed by atoms with Gasteiger partial charge in [0, 0.05) is 14.6 Å². The highest BCUT2D eigenvalue weighted by Gasteiger charge is 2.11. The fourth-order valence-electron chi connectivity index (χ4n) is 0.519. The van der Waals surface area contributed by atoms with Crippen LogP contribution in [0.3, 0.4) is 0 Å². The monoisotopic (exact) mass is 161 g/mol. The van der Waals surface area contributed by atoms with Crippen LogP contribution in [-0.2, 0) is 9.63 Å². The van der Waals surface area contributed by atoms with Crippen molar-refractivity contribution in [3.05, 3.63) is 0 Å². The summed E-state index contributed by atoms with van der Waals surface area (Å²) in [4.78, 5) is 14.0. The summed E-state index contributed by atoms with van der Waals surface area (Å²) in [5.74, 6) is 0. The Morgan fingerprint density at radius 3 is 2.50 bits per heavy atom. The molecule has 0 rings (SSSR count). The molecule has 0 aliphatic rings. The molecule has 4 heteroatoms. The number of nitrogens with one attached hydrogen (secondary N) is 1. The van der Waals surface area contributed by atoms with E-state index in [1.54, 1.807) is 0 Å². The van der Waals surface area contributed by atoms with Gasteiger partial charge < -0.3 is 4.84 Å². The van der Waals surface area contributed by atoms with Crippen molar-refractivity contribution >= 4 is 14.5 Å². The standard InChI is InChI=1S/C6H15NO2Si/c1-10(2,3)5-4-7-9-6-8/h6-7H,4-5H2,1-3H3. The molecule has 0 spiro atoms. The quantitative estimate of drug-likeness (QED) is 0.283. The second-order valence-corrected chi connectivity index (χ2v) is 9.04. The third kappa shape index (κ3) is 7.65. The zero-order valence-electron chi connectivity index (χ0n) is 6.81. The number of rotatable bonds is 5. The van der Waals surface area contributed by atoms with E-state index in [4.69, 9.17) is 0 Å².